The van der Waals surface area contributed by atoms with Crippen LogP contribution >= 0.6 is 22.9 Å². The molecule has 0 unspecified atom stereocenters. The van der Waals surface area contributed by atoms with Gasteiger partial charge in [0, 0.05) is 10.4 Å². The Bertz CT molecular complexity index is 626. The summed E-state index contributed by atoms with van der Waals surface area (Å²) < 4.78 is 0. The van der Waals surface area contributed by atoms with E-state index in [1.165, 1.54) is 4.88 Å². The summed E-state index contributed by atoms with van der Waals surface area (Å²) >= 11 is 7.68. The maximum absolute atomic E-state index is 6.04. The predicted molar refractivity (Wildman–Crippen MR) is 88.9 cm³/mol. The van der Waals surface area contributed by atoms with E-state index in [2.05, 4.69) is 62.9 Å². The molecule has 2 heterocycles. The highest BCUT2D eigenvalue weighted by Crippen LogP contribution is 2.34. The van der Waals surface area contributed by atoms with Crippen molar-refractivity contribution in [2.75, 3.05) is 5.32 Å². The molecule has 20 heavy (non-hydrogen) atoms. The van der Waals surface area contributed by atoms with E-state index in [9.17, 15) is 0 Å². The van der Waals surface area contributed by atoms with E-state index in [4.69, 9.17) is 11.6 Å². The SMILES string of the molecule is Cc1cc2c(NC(C)(C)CC(C)(C)C)nc(Cl)nc2s1. The summed E-state index contributed by atoms with van der Waals surface area (Å²) in [6, 6.07) is 2.12. The zero-order chi connectivity index (χ0) is 15.1. The molecule has 3 nitrogen and oxygen atoms in total. The van der Waals surface area contributed by atoms with Crippen LogP contribution < -0.4 is 5.32 Å². The van der Waals surface area contributed by atoms with E-state index >= 15 is 0 Å². The summed E-state index contributed by atoms with van der Waals surface area (Å²) in [5.41, 5.74) is 0.190. The van der Waals surface area contributed by atoms with Crippen molar-refractivity contribution in [3.63, 3.8) is 0 Å². The first-order valence-corrected chi connectivity index (χ1v) is 7.97. The largest absolute Gasteiger partial charge is 0.364 e. The monoisotopic (exact) mass is 311 g/mol. The van der Waals surface area contributed by atoms with Crippen molar-refractivity contribution in [3.8, 4) is 0 Å². The topological polar surface area (TPSA) is 37.8 Å². The summed E-state index contributed by atoms with van der Waals surface area (Å²) in [4.78, 5) is 10.8. The van der Waals surface area contributed by atoms with Crippen LogP contribution in [0.1, 0.15) is 45.9 Å². The van der Waals surface area contributed by atoms with E-state index < -0.39 is 0 Å². The van der Waals surface area contributed by atoms with Crippen LogP contribution in [0.4, 0.5) is 5.82 Å². The molecule has 0 saturated heterocycles. The highest BCUT2D eigenvalue weighted by Gasteiger charge is 2.26. The molecule has 0 saturated carbocycles. The number of hydrogen-bond donors (Lipinski definition) is 1. The lowest BCUT2D eigenvalue weighted by atomic mass is 9.82. The standard InChI is InChI=1S/C15H22ClN3S/c1-9-7-10-11(17-13(16)18-12(10)20-9)19-15(5,6)8-14(2,3)4/h7H,8H2,1-6H3,(H,17,18,19). The Morgan fingerprint density at radius 1 is 1.20 bits per heavy atom. The molecule has 0 aliphatic carbocycles. The van der Waals surface area contributed by atoms with Crippen molar-refractivity contribution in [1.29, 1.82) is 0 Å². The molecule has 0 aliphatic heterocycles. The van der Waals surface area contributed by atoms with E-state index in [1.807, 2.05) is 0 Å². The molecule has 0 bridgehead atoms. The third-order valence-corrected chi connectivity index (χ3v) is 4.03. The molecule has 0 aliphatic rings. The van der Waals surface area contributed by atoms with Crippen LogP contribution in [0.2, 0.25) is 5.28 Å². The molecule has 110 valence electrons. The minimum absolute atomic E-state index is 0.0568. The van der Waals surface area contributed by atoms with Gasteiger partial charge in [-0.05, 0) is 50.3 Å². The maximum Gasteiger partial charge on any atom is 0.225 e. The van der Waals surface area contributed by atoms with Gasteiger partial charge in [-0.25, -0.2) is 9.97 Å². The molecule has 2 rings (SSSR count). The Hall–Kier alpha value is -0.870. The summed E-state index contributed by atoms with van der Waals surface area (Å²) in [5.74, 6) is 0.832. The molecular weight excluding hydrogens is 290 g/mol. The number of anilines is 1. The predicted octanol–water partition coefficient (Wildman–Crippen LogP) is 5.28. The Labute approximate surface area is 129 Å². The third kappa shape index (κ3) is 3.83. The lowest BCUT2D eigenvalue weighted by Gasteiger charge is -2.33. The van der Waals surface area contributed by atoms with Crippen LogP contribution in [-0.4, -0.2) is 15.5 Å². The van der Waals surface area contributed by atoms with Crippen molar-refractivity contribution in [2.24, 2.45) is 5.41 Å². The van der Waals surface area contributed by atoms with Gasteiger partial charge in [-0.2, -0.15) is 0 Å². The molecule has 0 fully saturated rings. The molecular formula is C15H22ClN3S. The number of hydrogen-bond acceptors (Lipinski definition) is 4. The van der Waals surface area contributed by atoms with Gasteiger partial charge in [-0.1, -0.05) is 20.8 Å². The van der Waals surface area contributed by atoms with Crippen molar-refractivity contribution in [3.05, 3.63) is 16.2 Å². The quantitative estimate of drug-likeness (QED) is 0.784. The van der Waals surface area contributed by atoms with Crippen LogP contribution in [0.3, 0.4) is 0 Å². The smallest absolute Gasteiger partial charge is 0.225 e. The summed E-state index contributed by atoms with van der Waals surface area (Å²) in [5, 5.41) is 4.90. The van der Waals surface area contributed by atoms with Crippen molar-refractivity contribution < 1.29 is 0 Å². The van der Waals surface area contributed by atoms with Gasteiger partial charge < -0.3 is 5.32 Å². The van der Waals surface area contributed by atoms with Gasteiger partial charge in [0.15, 0.2) is 0 Å². The molecule has 2 aromatic heterocycles. The molecule has 0 radical (unpaired) electrons. The molecule has 0 aromatic carbocycles. The van der Waals surface area contributed by atoms with Crippen molar-refractivity contribution in [2.45, 2.75) is 53.5 Å². The normalized spacial score (nSPS) is 12.9. The van der Waals surface area contributed by atoms with Gasteiger partial charge in [0.2, 0.25) is 5.28 Å². The molecule has 5 heteroatoms. The highest BCUT2D eigenvalue weighted by atomic mass is 35.5. The van der Waals surface area contributed by atoms with Crippen LogP contribution in [0.25, 0.3) is 10.2 Å². The maximum atomic E-state index is 6.04. The second-order valence-corrected chi connectivity index (χ2v) is 8.74. The fraction of sp³-hybridized carbons (Fsp3) is 0.600. The van der Waals surface area contributed by atoms with Gasteiger partial charge in [-0.3, -0.25) is 0 Å². The average Bonchev–Trinajstić information content (AvgIpc) is 2.53. The summed E-state index contributed by atoms with van der Waals surface area (Å²) in [6.45, 7) is 13.2. The molecule has 0 spiro atoms. The fourth-order valence-corrected chi connectivity index (χ4v) is 3.90. The summed E-state index contributed by atoms with van der Waals surface area (Å²) in [6.07, 6.45) is 1.03. The van der Waals surface area contributed by atoms with E-state index in [1.54, 1.807) is 11.3 Å². The number of aryl methyl sites for hydroxylation is 1. The zero-order valence-corrected chi connectivity index (χ0v) is 14.5. The molecule has 0 amide bonds. The minimum atomic E-state index is -0.0568. The van der Waals surface area contributed by atoms with Gasteiger partial charge in [-0.15, -0.1) is 11.3 Å². The number of rotatable bonds is 3. The Morgan fingerprint density at radius 3 is 2.45 bits per heavy atom. The van der Waals surface area contributed by atoms with Gasteiger partial charge >= 0.3 is 0 Å². The number of fused-ring (bicyclic) bond motifs is 1. The minimum Gasteiger partial charge on any atom is -0.364 e. The number of halogens is 1. The molecule has 1 N–H and O–H groups in total. The van der Waals surface area contributed by atoms with E-state index in [0.717, 1.165) is 22.5 Å². The number of thiophene rings is 1. The van der Waals surface area contributed by atoms with E-state index in [0.29, 0.717) is 5.28 Å². The Balaban J connectivity index is 2.38. The lowest BCUT2D eigenvalue weighted by molar-refractivity contribution is 0.302. The number of nitrogens with zero attached hydrogens (tertiary/aromatic N) is 2. The van der Waals surface area contributed by atoms with Crippen LogP contribution in [-0.2, 0) is 0 Å². The average molecular weight is 312 g/mol. The van der Waals surface area contributed by atoms with E-state index in [-0.39, 0.29) is 11.0 Å². The van der Waals surface area contributed by atoms with Crippen molar-refractivity contribution in [1.82, 2.24) is 9.97 Å². The molecule has 2 aromatic rings. The lowest BCUT2D eigenvalue weighted by Crippen LogP contribution is -2.35. The third-order valence-electron chi connectivity index (χ3n) is 2.92. The van der Waals surface area contributed by atoms with Gasteiger partial charge in [0.25, 0.3) is 0 Å². The van der Waals surface area contributed by atoms with Crippen LogP contribution in [0.5, 0.6) is 0 Å². The molecule has 0 atom stereocenters. The number of aromatic nitrogens is 2. The first-order chi connectivity index (χ1) is 9.06. The second kappa shape index (κ2) is 5.15. The van der Waals surface area contributed by atoms with Gasteiger partial charge in [0.05, 0.1) is 5.39 Å². The first-order valence-electron chi connectivity index (χ1n) is 6.78. The fourth-order valence-electron chi connectivity index (χ4n) is 2.80. The Morgan fingerprint density at radius 2 is 1.85 bits per heavy atom. The van der Waals surface area contributed by atoms with Gasteiger partial charge in [0.1, 0.15) is 10.6 Å². The highest BCUT2D eigenvalue weighted by molar-refractivity contribution is 7.18. The van der Waals surface area contributed by atoms with Crippen LogP contribution in [0, 0.1) is 12.3 Å². The van der Waals surface area contributed by atoms with Crippen LogP contribution in [0.15, 0.2) is 6.07 Å². The Kier molecular flexibility index (Phi) is 4.00. The van der Waals surface area contributed by atoms with Crippen molar-refractivity contribution >= 4 is 39.0 Å². The first kappa shape index (κ1) is 15.5. The zero-order valence-electron chi connectivity index (χ0n) is 13.0. The number of nitrogens with one attached hydrogen (secondary N) is 1. The summed E-state index contributed by atoms with van der Waals surface area (Å²) in [7, 11) is 0. The second-order valence-electron chi connectivity index (χ2n) is 7.16.